The Balaban J connectivity index is 2.17. The summed E-state index contributed by atoms with van der Waals surface area (Å²) in [6.07, 6.45) is 5.79. The molecule has 1 saturated heterocycles. The first kappa shape index (κ1) is 11.8. The van der Waals surface area contributed by atoms with E-state index in [1.807, 2.05) is 4.90 Å². The summed E-state index contributed by atoms with van der Waals surface area (Å²) >= 11 is 0. The van der Waals surface area contributed by atoms with Crippen molar-refractivity contribution in [3.8, 4) is 0 Å². The van der Waals surface area contributed by atoms with Gasteiger partial charge >= 0.3 is 5.97 Å². The van der Waals surface area contributed by atoms with E-state index >= 15 is 0 Å². The van der Waals surface area contributed by atoms with E-state index in [2.05, 4.69) is 9.97 Å². The molecule has 6 heteroatoms. The topological polar surface area (TPSA) is 86.5 Å². The van der Waals surface area contributed by atoms with Gasteiger partial charge in [-0.25, -0.2) is 14.8 Å². The maximum atomic E-state index is 10.7. The van der Waals surface area contributed by atoms with Crippen molar-refractivity contribution in [3.05, 3.63) is 18.1 Å². The molecule has 2 rings (SSSR count). The fourth-order valence-corrected chi connectivity index (χ4v) is 2.07. The van der Waals surface area contributed by atoms with Gasteiger partial charge in [0.05, 0.1) is 25.0 Å². The van der Waals surface area contributed by atoms with Crippen molar-refractivity contribution in [1.82, 2.24) is 9.97 Å². The van der Waals surface area contributed by atoms with Gasteiger partial charge in [-0.2, -0.15) is 0 Å². The first-order valence-corrected chi connectivity index (χ1v) is 5.65. The van der Waals surface area contributed by atoms with Gasteiger partial charge < -0.3 is 15.1 Å². The van der Waals surface area contributed by atoms with Crippen LogP contribution in [0.3, 0.4) is 0 Å². The predicted molar refractivity (Wildman–Crippen MR) is 61.1 cm³/mol. The van der Waals surface area contributed by atoms with Crippen molar-refractivity contribution in [2.24, 2.45) is 0 Å². The third-order valence-electron chi connectivity index (χ3n) is 2.99. The molecule has 0 radical (unpaired) electrons. The van der Waals surface area contributed by atoms with Crippen LogP contribution >= 0.6 is 0 Å². The lowest BCUT2D eigenvalue weighted by Gasteiger charge is -2.35. The molecule has 0 saturated carbocycles. The maximum absolute atomic E-state index is 10.7. The minimum absolute atomic E-state index is 0.0636. The quantitative estimate of drug-likeness (QED) is 0.797. The van der Waals surface area contributed by atoms with Crippen molar-refractivity contribution in [1.29, 1.82) is 0 Å². The monoisotopic (exact) mass is 237 g/mol. The summed E-state index contributed by atoms with van der Waals surface area (Å²) in [7, 11) is 0. The van der Waals surface area contributed by atoms with Crippen molar-refractivity contribution >= 4 is 11.8 Å². The highest BCUT2D eigenvalue weighted by molar-refractivity contribution is 5.84. The standard InChI is InChI=1S/C11H15N3O3/c15-7-8-3-1-2-4-14(8)10-6-12-9(5-13-10)11(16)17/h5-6,8,15H,1-4,7H2,(H,16,17). The summed E-state index contributed by atoms with van der Waals surface area (Å²) in [4.78, 5) is 20.6. The van der Waals surface area contributed by atoms with Gasteiger partial charge in [-0.1, -0.05) is 0 Å². The summed E-state index contributed by atoms with van der Waals surface area (Å²) in [5.74, 6) is -0.449. The van der Waals surface area contributed by atoms with Gasteiger partial charge in [-0.15, -0.1) is 0 Å². The largest absolute Gasteiger partial charge is 0.476 e. The molecule has 2 heterocycles. The number of rotatable bonds is 3. The second-order valence-electron chi connectivity index (χ2n) is 4.09. The summed E-state index contributed by atoms with van der Waals surface area (Å²) in [6.45, 7) is 0.911. The van der Waals surface area contributed by atoms with Gasteiger partial charge in [-0.3, -0.25) is 0 Å². The molecule has 0 spiro atoms. The molecule has 1 fully saturated rings. The third kappa shape index (κ3) is 2.52. The third-order valence-corrected chi connectivity index (χ3v) is 2.99. The zero-order valence-electron chi connectivity index (χ0n) is 9.41. The van der Waals surface area contributed by atoms with Crippen LogP contribution in [-0.2, 0) is 0 Å². The molecular weight excluding hydrogens is 222 g/mol. The molecule has 1 aromatic heterocycles. The Kier molecular flexibility index (Phi) is 3.53. The number of piperidine rings is 1. The second kappa shape index (κ2) is 5.09. The van der Waals surface area contributed by atoms with E-state index in [1.54, 1.807) is 0 Å². The average Bonchev–Trinajstić information content (AvgIpc) is 2.39. The molecule has 17 heavy (non-hydrogen) atoms. The van der Waals surface area contributed by atoms with Crippen LogP contribution < -0.4 is 4.90 Å². The van der Waals surface area contributed by atoms with Crippen LogP contribution in [0.4, 0.5) is 5.82 Å². The number of anilines is 1. The van der Waals surface area contributed by atoms with Crippen LogP contribution in [0.2, 0.25) is 0 Å². The molecule has 2 N–H and O–H groups in total. The number of aromatic nitrogens is 2. The zero-order chi connectivity index (χ0) is 12.3. The van der Waals surface area contributed by atoms with Gasteiger partial charge in [-0.05, 0) is 19.3 Å². The summed E-state index contributed by atoms with van der Waals surface area (Å²) in [5, 5.41) is 18.0. The minimum atomic E-state index is -1.08. The number of carboxylic acids is 1. The number of carbonyl (C=O) groups is 1. The number of nitrogens with zero attached hydrogens (tertiary/aromatic N) is 3. The normalized spacial score (nSPS) is 20.3. The Bertz CT molecular complexity index is 393. The molecule has 0 amide bonds. The Hall–Kier alpha value is -1.69. The molecule has 1 unspecified atom stereocenters. The number of aliphatic hydroxyl groups is 1. The smallest absolute Gasteiger partial charge is 0.356 e. The van der Waals surface area contributed by atoms with Crippen molar-refractivity contribution < 1.29 is 15.0 Å². The number of aromatic carboxylic acids is 1. The minimum Gasteiger partial charge on any atom is -0.476 e. The summed E-state index contributed by atoms with van der Waals surface area (Å²) < 4.78 is 0. The predicted octanol–water partition coefficient (Wildman–Crippen LogP) is 0.526. The van der Waals surface area contributed by atoms with Gasteiger partial charge in [0.1, 0.15) is 5.82 Å². The second-order valence-corrected chi connectivity index (χ2v) is 4.09. The fourth-order valence-electron chi connectivity index (χ4n) is 2.07. The molecule has 1 aliphatic heterocycles. The Morgan fingerprint density at radius 2 is 2.24 bits per heavy atom. The molecule has 0 aliphatic carbocycles. The number of carboxylic acid groups (broad SMARTS) is 1. The lowest BCUT2D eigenvalue weighted by molar-refractivity contribution is 0.0690. The highest BCUT2D eigenvalue weighted by atomic mass is 16.4. The fraction of sp³-hybridized carbons (Fsp3) is 0.545. The lowest BCUT2D eigenvalue weighted by atomic mass is 10.0. The van der Waals surface area contributed by atoms with E-state index in [9.17, 15) is 9.90 Å². The van der Waals surface area contributed by atoms with Crippen molar-refractivity contribution in [3.63, 3.8) is 0 Å². The van der Waals surface area contributed by atoms with E-state index in [-0.39, 0.29) is 18.3 Å². The van der Waals surface area contributed by atoms with Crippen LogP contribution in [0.1, 0.15) is 29.8 Å². The molecule has 0 bridgehead atoms. The van der Waals surface area contributed by atoms with Crippen LogP contribution in [0, 0.1) is 0 Å². The van der Waals surface area contributed by atoms with Crippen LogP contribution in [0.15, 0.2) is 12.4 Å². The molecule has 6 nitrogen and oxygen atoms in total. The van der Waals surface area contributed by atoms with Crippen molar-refractivity contribution in [2.45, 2.75) is 25.3 Å². The summed E-state index contributed by atoms with van der Waals surface area (Å²) in [5.41, 5.74) is -0.0636. The Morgan fingerprint density at radius 1 is 1.41 bits per heavy atom. The van der Waals surface area contributed by atoms with Gasteiger partial charge in [0.15, 0.2) is 5.69 Å². The Morgan fingerprint density at radius 3 is 2.82 bits per heavy atom. The molecule has 1 atom stereocenters. The molecule has 1 aromatic rings. The van der Waals surface area contributed by atoms with Crippen LogP contribution in [-0.4, -0.2) is 45.3 Å². The molecule has 1 aliphatic rings. The van der Waals surface area contributed by atoms with E-state index in [0.717, 1.165) is 25.8 Å². The highest BCUT2D eigenvalue weighted by Gasteiger charge is 2.23. The molecule has 92 valence electrons. The van der Waals surface area contributed by atoms with Crippen LogP contribution in [0.25, 0.3) is 0 Å². The first-order chi connectivity index (χ1) is 8.22. The molecule has 0 aromatic carbocycles. The van der Waals surface area contributed by atoms with Gasteiger partial charge in [0.2, 0.25) is 0 Å². The Labute approximate surface area is 98.9 Å². The highest BCUT2D eigenvalue weighted by Crippen LogP contribution is 2.22. The molecular formula is C11H15N3O3. The van der Waals surface area contributed by atoms with E-state index in [4.69, 9.17) is 5.11 Å². The average molecular weight is 237 g/mol. The zero-order valence-corrected chi connectivity index (χ0v) is 9.41. The van der Waals surface area contributed by atoms with Crippen molar-refractivity contribution in [2.75, 3.05) is 18.1 Å². The number of aliphatic hydroxyl groups excluding tert-OH is 1. The van der Waals surface area contributed by atoms with Crippen LogP contribution in [0.5, 0.6) is 0 Å². The van der Waals surface area contributed by atoms with Gasteiger partial charge in [0, 0.05) is 6.54 Å². The number of hydrogen-bond acceptors (Lipinski definition) is 5. The van der Waals surface area contributed by atoms with E-state index < -0.39 is 5.97 Å². The first-order valence-electron chi connectivity index (χ1n) is 5.65. The lowest BCUT2D eigenvalue weighted by Crippen LogP contribution is -2.42. The van der Waals surface area contributed by atoms with Gasteiger partial charge in [0.25, 0.3) is 0 Å². The van der Waals surface area contributed by atoms with E-state index in [0.29, 0.717) is 5.82 Å². The SMILES string of the molecule is O=C(O)c1cnc(N2CCCCC2CO)cn1. The maximum Gasteiger partial charge on any atom is 0.356 e. The number of hydrogen-bond donors (Lipinski definition) is 2. The summed E-state index contributed by atoms with van der Waals surface area (Å²) in [6, 6.07) is 0.0636. The van der Waals surface area contributed by atoms with E-state index in [1.165, 1.54) is 12.4 Å².